The van der Waals surface area contributed by atoms with Gasteiger partial charge in [0, 0.05) is 44.3 Å². The number of hydrogen-bond donors (Lipinski definition) is 1. The normalized spacial score (nSPS) is 13.5. The molecule has 2 aliphatic heterocycles. The van der Waals surface area contributed by atoms with Crippen molar-refractivity contribution in [2.75, 3.05) is 5.32 Å². The molecule has 0 atom stereocenters. The summed E-state index contributed by atoms with van der Waals surface area (Å²) < 4.78 is 2.64. The average Bonchev–Trinajstić information content (AvgIpc) is 3.56. The molecule has 1 radical (unpaired) electrons. The number of anilines is 2. The van der Waals surface area contributed by atoms with Gasteiger partial charge < -0.3 is 9.88 Å². The van der Waals surface area contributed by atoms with Gasteiger partial charge in [-0.2, -0.15) is 0 Å². The number of para-hydroxylation sites is 2. The van der Waals surface area contributed by atoms with Crippen LogP contribution in [0.15, 0.2) is 158 Å². The van der Waals surface area contributed by atoms with E-state index < -0.39 is 0 Å². The number of nitrogens with one attached hydrogen (secondary N) is 1. The fraction of sp³-hybridized carbons (Fsp3) is 0.0800. The van der Waals surface area contributed by atoms with Gasteiger partial charge in [0.1, 0.15) is 0 Å². The molecule has 0 bridgehead atoms. The highest BCUT2D eigenvalue weighted by Gasteiger charge is 2.40. The van der Waals surface area contributed by atoms with Crippen LogP contribution in [-0.4, -0.2) is 11.8 Å². The van der Waals surface area contributed by atoms with Gasteiger partial charge in [0.05, 0.1) is 5.52 Å². The SMILES string of the molecule is Cc1ccc(Nc2ccccc2-c2cc(-c3ccccc3-c3ccccc3)c3c4c5ccccc5cc5c4n4c3c2[B]c2cccc(c2-4)C5(C)C)cc1. The van der Waals surface area contributed by atoms with E-state index in [0.717, 1.165) is 11.4 Å². The molecule has 0 spiro atoms. The van der Waals surface area contributed by atoms with Gasteiger partial charge in [-0.05, 0) is 92.4 Å². The molecule has 53 heavy (non-hydrogen) atoms. The Morgan fingerprint density at radius 1 is 0.547 bits per heavy atom. The van der Waals surface area contributed by atoms with E-state index in [2.05, 4.69) is 196 Å². The third-order valence-corrected chi connectivity index (χ3v) is 11.8. The maximum Gasteiger partial charge on any atom is 0.197 e. The smallest absolute Gasteiger partial charge is 0.197 e. The highest BCUT2D eigenvalue weighted by atomic mass is 15.0. The van der Waals surface area contributed by atoms with Crippen molar-refractivity contribution < 1.29 is 0 Å². The highest BCUT2D eigenvalue weighted by Crippen LogP contribution is 2.53. The predicted octanol–water partition coefficient (Wildman–Crippen LogP) is 11.6. The molecule has 11 rings (SSSR count). The number of rotatable bonds is 5. The van der Waals surface area contributed by atoms with Crippen molar-refractivity contribution in [2.45, 2.75) is 26.2 Å². The summed E-state index contributed by atoms with van der Waals surface area (Å²) in [6.45, 7) is 6.95. The van der Waals surface area contributed by atoms with Crippen molar-refractivity contribution in [3.05, 3.63) is 174 Å². The molecule has 8 aromatic carbocycles. The Bertz CT molecular complexity index is 2970. The Hall–Kier alpha value is -6.32. The van der Waals surface area contributed by atoms with Gasteiger partial charge in [0.2, 0.25) is 0 Å². The summed E-state index contributed by atoms with van der Waals surface area (Å²) in [4.78, 5) is 0. The van der Waals surface area contributed by atoms with Gasteiger partial charge in [-0.25, -0.2) is 0 Å². The summed E-state index contributed by atoms with van der Waals surface area (Å²) in [6, 6.07) is 58.2. The minimum Gasteiger partial charge on any atom is -0.355 e. The van der Waals surface area contributed by atoms with E-state index in [1.807, 2.05) is 0 Å². The molecule has 0 unspecified atom stereocenters. The largest absolute Gasteiger partial charge is 0.355 e. The minimum atomic E-state index is -0.182. The molecule has 9 aromatic rings. The van der Waals surface area contributed by atoms with Crippen LogP contribution < -0.4 is 16.2 Å². The number of fused-ring (bicyclic) bond motifs is 3. The molecule has 0 saturated carbocycles. The van der Waals surface area contributed by atoms with Gasteiger partial charge in [-0.1, -0.05) is 152 Å². The Kier molecular flexibility index (Phi) is 6.35. The van der Waals surface area contributed by atoms with Crippen LogP contribution in [-0.2, 0) is 5.41 Å². The van der Waals surface area contributed by atoms with Crippen LogP contribution in [0.5, 0.6) is 0 Å². The van der Waals surface area contributed by atoms with Crippen LogP contribution in [0.1, 0.15) is 30.5 Å². The van der Waals surface area contributed by atoms with Crippen molar-refractivity contribution in [2.24, 2.45) is 0 Å². The number of hydrogen-bond acceptors (Lipinski definition) is 1. The Balaban J connectivity index is 1.35. The molecule has 3 heteroatoms. The van der Waals surface area contributed by atoms with Gasteiger partial charge in [-0.15, -0.1) is 0 Å². The molecule has 3 heterocycles. The van der Waals surface area contributed by atoms with E-state index in [-0.39, 0.29) is 5.41 Å². The first-order chi connectivity index (χ1) is 26.0. The lowest BCUT2D eigenvalue weighted by Gasteiger charge is -2.38. The summed E-state index contributed by atoms with van der Waals surface area (Å²) in [7, 11) is 2.47. The second-order valence-electron chi connectivity index (χ2n) is 15.3. The topological polar surface area (TPSA) is 17.0 Å². The fourth-order valence-electron chi connectivity index (χ4n) is 9.32. The molecule has 2 nitrogen and oxygen atoms in total. The maximum absolute atomic E-state index is 3.80. The number of aromatic nitrogens is 1. The number of benzene rings is 8. The molecule has 0 saturated heterocycles. The van der Waals surface area contributed by atoms with Crippen LogP contribution in [0.25, 0.3) is 71.6 Å². The van der Waals surface area contributed by atoms with Crippen molar-refractivity contribution in [1.29, 1.82) is 0 Å². The Labute approximate surface area is 310 Å². The first-order valence-corrected chi connectivity index (χ1v) is 18.6. The van der Waals surface area contributed by atoms with Crippen LogP contribution in [0.3, 0.4) is 0 Å². The van der Waals surface area contributed by atoms with E-state index >= 15 is 0 Å². The number of nitrogens with zero attached hydrogens (tertiary/aromatic N) is 1. The highest BCUT2D eigenvalue weighted by molar-refractivity contribution is 6.74. The summed E-state index contributed by atoms with van der Waals surface area (Å²) in [5.74, 6) is 0. The minimum absolute atomic E-state index is 0.182. The van der Waals surface area contributed by atoms with E-state index in [1.165, 1.54) is 99.3 Å². The molecular formula is C50H36BN2. The molecule has 2 aliphatic rings. The maximum atomic E-state index is 3.80. The summed E-state index contributed by atoms with van der Waals surface area (Å²) in [5, 5.41) is 9.05. The molecule has 1 aromatic heterocycles. The van der Waals surface area contributed by atoms with Crippen LogP contribution in [0.2, 0.25) is 0 Å². The molecule has 249 valence electrons. The van der Waals surface area contributed by atoms with Gasteiger partial charge >= 0.3 is 0 Å². The fourth-order valence-corrected chi connectivity index (χ4v) is 9.32. The monoisotopic (exact) mass is 675 g/mol. The quantitative estimate of drug-likeness (QED) is 0.180. The molecule has 0 fully saturated rings. The predicted molar refractivity (Wildman–Crippen MR) is 226 cm³/mol. The first kappa shape index (κ1) is 30.3. The summed E-state index contributed by atoms with van der Waals surface area (Å²) in [6.07, 6.45) is 0. The van der Waals surface area contributed by atoms with Gasteiger partial charge in [0.15, 0.2) is 7.28 Å². The molecular weight excluding hydrogens is 639 g/mol. The van der Waals surface area contributed by atoms with Crippen molar-refractivity contribution >= 4 is 62.2 Å². The van der Waals surface area contributed by atoms with E-state index in [9.17, 15) is 0 Å². The summed E-state index contributed by atoms with van der Waals surface area (Å²) in [5.41, 5.74) is 19.8. The zero-order valence-corrected chi connectivity index (χ0v) is 30.0. The lowest BCUT2D eigenvalue weighted by atomic mass is 9.57. The van der Waals surface area contributed by atoms with Crippen molar-refractivity contribution in [3.63, 3.8) is 0 Å². The summed E-state index contributed by atoms with van der Waals surface area (Å²) >= 11 is 0. The first-order valence-electron chi connectivity index (χ1n) is 18.6. The van der Waals surface area contributed by atoms with Crippen LogP contribution in [0.4, 0.5) is 11.4 Å². The Morgan fingerprint density at radius 3 is 2.09 bits per heavy atom. The number of aryl methyl sites for hydroxylation is 1. The zero-order chi connectivity index (χ0) is 35.4. The standard InChI is InChI=1S/C50H36BN2/c1-30-24-26-33(27-25-30)52-43-23-12-11-20-37(43)39-29-38(36-19-10-9-17-34(36)31-14-5-4-6-15-31)45-44-35-18-8-7-16-32(35)28-41-48(44)53-47-40(50(41,2)3)21-13-22-42(47)51-46(39)49(45)53/h4-29,52H,1-3H3. The molecule has 0 amide bonds. The van der Waals surface area contributed by atoms with E-state index in [4.69, 9.17) is 0 Å². The third kappa shape index (κ3) is 4.28. The third-order valence-electron chi connectivity index (χ3n) is 11.8. The molecule has 1 N–H and O–H groups in total. The van der Waals surface area contributed by atoms with E-state index in [1.54, 1.807) is 0 Å². The van der Waals surface area contributed by atoms with Crippen LogP contribution >= 0.6 is 0 Å². The van der Waals surface area contributed by atoms with Gasteiger partial charge in [-0.3, -0.25) is 0 Å². The lowest BCUT2D eigenvalue weighted by molar-refractivity contribution is 0.632. The second-order valence-corrected chi connectivity index (χ2v) is 15.3. The zero-order valence-electron chi connectivity index (χ0n) is 30.0. The Morgan fingerprint density at radius 2 is 1.26 bits per heavy atom. The average molecular weight is 676 g/mol. The van der Waals surface area contributed by atoms with Crippen molar-refractivity contribution in [3.8, 4) is 39.1 Å². The van der Waals surface area contributed by atoms with E-state index in [0.29, 0.717) is 0 Å². The lowest BCUT2D eigenvalue weighted by Crippen LogP contribution is -2.41. The molecule has 0 aliphatic carbocycles. The van der Waals surface area contributed by atoms with Crippen LogP contribution in [0, 0.1) is 6.92 Å². The van der Waals surface area contributed by atoms with Crippen molar-refractivity contribution in [1.82, 2.24) is 4.57 Å². The van der Waals surface area contributed by atoms with Gasteiger partial charge in [0.25, 0.3) is 0 Å². The second kappa shape index (κ2) is 11.1.